The van der Waals surface area contributed by atoms with Gasteiger partial charge in [0.2, 0.25) is 0 Å². The second-order valence-corrected chi connectivity index (χ2v) is 5.02. The molecule has 2 aromatic heterocycles. The van der Waals surface area contributed by atoms with E-state index in [-0.39, 0.29) is 6.04 Å². The second-order valence-electron chi connectivity index (χ2n) is 5.02. The molecule has 106 valence electrons. The molecule has 1 atom stereocenters. The Hall–Kier alpha value is -1.94. The maximum absolute atomic E-state index is 6.03. The van der Waals surface area contributed by atoms with Crippen LogP contribution in [0.5, 0.6) is 0 Å². The standard InChI is InChI=1S/C16H22N4/c1-3-6-20-16(14-11-19-7-4-12(14)2)9-13-10-18-8-5-15(13)17/h4-5,7-8,10-11,16,20H,3,6,9H2,1-2H3,(H2,17,18). The van der Waals surface area contributed by atoms with Crippen LogP contribution in [-0.4, -0.2) is 16.5 Å². The SMILES string of the molecule is CCCNC(Cc1cnccc1N)c1cnccc1C. The van der Waals surface area contributed by atoms with E-state index in [0.29, 0.717) is 0 Å². The van der Waals surface area contributed by atoms with Gasteiger partial charge in [-0.15, -0.1) is 0 Å². The van der Waals surface area contributed by atoms with Crippen molar-refractivity contribution in [2.24, 2.45) is 0 Å². The van der Waals surface area contributed by atoms with Crippen LogP contribution in [0.1, 0.15) is 36.1 Å². The lowest BCUT2D eigenvalue weighted by Crippen LogP contribution is -2.25. The highest BCUT2D eigenvalue weighted by Gasteiger charge is 2.15. The molecule has 0 aromatic carbocycles. The van der Waals surface area contributed by atoms with Crippen LogP contribution in [0.2, 0.25) is 0 Å². The van der Waals surface area contributed by atoms with Crippen LogP contribution < -0.4 is 11.1 Å². The molecule has 4 nitrogen and oxygen atoms in total. The van der Waals surface area contributed by atoms with Gasteiger partial charge in [0.25, 0.3) is 0 Å². The van der Waals surface area contributed by atoms with E-state index in [2.05, 4.69) is 29.1 Å². The summed E-state index contributed by atoms with van der Waals surface area (Å²) in [6.07, 6.45) is 9.26. The molecule has 0 saturated heterocycles. The van der Waals surface area contributed by atoms with Gasteiger partial charge >= 0.3 is 0 Å². The predicted molar refractivity (Wildman–Crippen MR) is 82.4 cm³/mol. The molecule has 3 N–H and O–H groups in total. The molecule has 0 radical (unpaired) electrons. The fraction of sp³-hybridized carbons (Fsp3) is 0.375. The molecule has 1 unspecified atom stereocenters. The quantitative estimate of drug-likeness (QED) is 0.847. The summed E-state index contributed by atoms with van der Waals surface area (Å²) in [6.45, 7) is 5.25. The minimum atomic E-state index is 0.218. The Labute approximate surface area is 120 Å². The Bertz CT molecular complexity index is 554. The maximum Gasteiger partial charge on any atom is 0.0380 e. The predicted octanol–water partition coefficient (Wildman–Crippen LogP) is 2.65. The van der Waals surface area contributed by atoms with Crippen molar-refractivity contribution in [3.05, 3.63) is 53.6 Å². The maximum atomic E-state index is 6.03. The first kappa shape index (κ1) is 14.5. The number of nitrogens with zero attached hydrogens (tertiary/aromatic N) is 2. The Morgan fingerprint density at radius 2 is 1.95 bits per heavy atom. The number of rotatable bonds is 6. The van der Waals surface area contributed by atoms with Crippen molar-refractivity contribution in [1.82, 2.24) is 15.3 Å². The third-order valence-electron chi connectivity index (χ3n) is 3.46. The van der Waals surface area contributed by atoms with E-state index in [1.165, 1.54) is 11.1 Å². The van der Waals surface area contributed by atoms with Gasteiger partial charge in [-0.2, -0.15) is 0 Å². The number of hydrogen-bond acceptors (Lipinski definition) is 4. The molecular weight excluding hydrogens is 248 g/mol. The van der Waals surface area contributed by atoms with Crippen molar-refractivity contribution < 1.29 is 0 Å². The highest BCUT2D eigenvalue weighted by Crippen LogP contribution is 2.23. The molecule has 20 heavy (non-hydrogen) atoms. The van der Waals surface area contributed by atoms with Gasteiger partial charge in [-0.3, -0.25) is 9.97 Å². The minimum Gasteiger partial charge on any atom is -0.398 e. The van der Waals surface area contributed by atoms with Gasteiger partial charge in [0.1, 0.15) is 0 Å². The number of nitrogens with two attached hydrogens (primary N) is 1. The first-order valence-corrected chi connectivity index (χ1v) is 7.04. The number of nitrogen functional groups attached to an aromatic ring is 1. The fourth-order valence-corrected chi connectivity index (χ4v) is 2.28. The third kappa shape index (κ3) is 3.54. The van der Waals surface area contributed by atoms with E-state index in [4.69, 9.17) is 5.73 Å². The Morgan fingerprint density at radius 1 is 1.20 bits per heavy atom. The van der Waals surface area contributed by atoms with Crippen LogP contribution in [0.3, 0.4) is 0 Å². The van der Waals surface area contributed by atoms with Gasteiger partial charge < -0.3 is 11.1 Å². The molecule has 2 aromatic rings. The molecular formula is C16H22N4. The molecule has 2 rings (SSSR count). The molecule has 0 fully saturated rings. The van der Waals surface area contributed by atoms with Crippen molar-refractivity contribution in [1.29, 1.82) is 0 Å². The zero-order valence-corrected chi connectivity index (χ0v) is 12.1. The summed E-state index contributed by atoms with van der Waals surface area (Å²) in [4.78, 5) is 8.42. The highest BCUT2D eigenvalue weighted by molar-refractivity contribution is 5.45. The average molecular weight is 270 g/mol. The van der Waals surface area contributed by atoms with E-state index in [9.17, 15) is 0 Å². The summed E-state index contributed by atoms with van der Waals surface area (Å²) in [6, 6.07) is 4.11. The van der Waals surface area contributed by atoms with E-state index in [1.54, 1.807) is 6.20 Å². The molecule has 2 heterocycles. The van der Waals surface area contributed by atoms with E-state index < -0.39 is 0 Å². The van der Waals surface area contributed by atoms with E-state index in [1.807, 2.05) is 30.7 Å². The normalized spacial score (nSPS) is 12.3. The fourth-order valence-electron chi connectivity index (χ4n) is 2.28. The molecule has 0 bridgehead atoms. The van der Waals surface area contributed by atoms with Crippen molar-refractivity contribution >= 4 is 5.69 Å². The summed E-state index contributed by atoms with van der Waals surface area (Å²) in [5, 5.41) is 3.58. The van der Waals surface area contributed by atoms with Crippen molar-refractivity contribution in [3.63, 3.8) is 0 Å². The molecule has 0 aliphatic carbocycles. The largest absolute Gasteiger partial charge is 0.398 e. The summed E-state index contributed by atoms with van der Waals surface area (Å²) in [7, 11) is 0. The average Bonchev–Trinajstić information content (AvgIpc) is 2.46. The van der Waals surface area contributed by atoms with Crippen LogP contribution in [0.15, 0.2) is 36.9 Å². The second kappa shape index (κ2) is 7.01. The van der Waals surface area contributed by atoms with Crippen molar-refractivity contribution in [2.45, 2.75) is 32.7 Å². The molecule has 0 amide bonds. The lowest BCUT2D eigenvalue weighted by atomic mass is 9.97. The number of nitrogens with one attached hydrogen (secondary N) is 1. The van der Waals surface area contributed by atoms with Gasteiger partial charge in [0, 0.05) is 36.5 Å². The Morgan fingerprint density at radius 3 is 2.65 bits per heavy atom. The monoisotopic (exact) mass is 270 g/mol. The van der Waals surface area contributed by atoms with Gasteiger partial charge in [-0.1, -0.05) is 6.92 Å². The third-order valence-corrected chi connectivity index (χ3v) is 3.46. The van der Waals surface area contributed by atoms with Gasteiger partial charge in [-0.25, -0.2) is 0 Å². The first-order valence-electron chi connectivity index (χ1n) is 7.04. The zero-order valence-electron chi connectivity index (χ0n) is 12.1. The van der Waals surface area contributed by atoms with Crippen LogP contribution in [0, 0.1) is 6.92 Å². The number of pyridine rings is 2. The van der Waals surface area contributed by atoms with Crippen LogP contribution in [0.25, 0.3) is 0 Å². The van der Waals surface area contributed by atoms with Crippen LogP contribution in [-0.2, 0) is 6.42 Å². The van der Waals surface area contributed by atoms with Crippen molar-refractivity contribution in [2.75, 3.05) is 12.3 Å². The number of aromatic nitrogens is 2. The molecule has 0 spiro atoms. The number of hydrogen-bond donors (Lipinski definition) is 2. The lowest BCUT2D eigenvalue weighted by Gasteiger charge is -2.21. The smallest absolute Gasteiger partial charge is 0.0380 e. The van der Waals surface area contributed by atoms with Gasteiger partial charge in [-0.05, 0) is 55.1 Å². The van der Waals surface area contributed by atoms with E-state index in [0.717, 1.165) is 30.6 Å². The van der Waals surface area contributed by atoms with Crippen LogP contribution >= 0.6 is 0 Å². The summed E-state index contributed by atoms with van der Waals surface area (Å²) in [5.74, 6) is 0. The number of aryl methyl sites for hydroxylation is 1. The topological polar surface area (TPSA) is 63.8 Å². The van der Waals surface area contributed by atoms with Gasteiger partial charge in [0.05, 0.1) is 0 Å². The highest BCUT2D eigenvalue weighted by atomic mass is 14.9. The Balaban J connectivity index is 2.24. The minimum absolute atomic E-state index is 0.218. The molecule has 0 saturated carbocycles. The van der Waals surface area contributed by atoms with E-state index >= 15 is 0 Å². The zero-order chi connectivity index (χ0) is 14.4. The molecule has 0 aliphatic rings. The molecule has 0 aliphatic heterocycles. The van der Waals surface area contributed by atoms with Gasteiger partial charge in [0.15, 0.2) is 0 Å². The Kier molecular flexibility index (Phi) is 5.07. The summed E-state index contributed by atoms with van der Waals surface area (Å²) in [5.41, 5.74) is 10.4. The van der Waals surface area contributed by atoms with Crippen molar-refractivity contribution in [3.8, 4) is 0 Å². The summed E-state index contributed by atoms with van der Waals surface area (Å²) < 4.78 is 0. The van der Waals surface area contributed by atoms with Crippen LogP contribution in [0.4, 0.5) is 5.69 Å². The summed E-state index contributed by atoms with van der Waals surface area (Å²) >= 11 is 0. The first-order chi connectivity index (χ1) is 9.72. The lowest BCUT2D eigenvalue weighted by molar-refractivity contribution is 0.525. The molecule has 4 heteroatoms. The number of anilines is 1.